The second-order valence-corrected chi connectivity index (χ2v) is 4.96. The van der Waals surface area contributed by atoms with E-state index in [2.05, 4.69) is 36.9 Å². The molecular weight excluding hydrogens is 218 g/mol. The molecule has 0 heterocycles. The third-order valence-electron chi connectivity index (χ3n) is 3.14. The van der Waals surface area contributed by atoms with Crippen molar-refractivity contribution in [2.75, 3.05) is 11.4 Å². The number of aryl methyl sites for hydroxylation is 1. The van der Waals surface area contributed by atoms with Gasteiger partial charge in [-0.25, -0.2) is 0 Å². The van der Waals surface area contributed by atoms with Crippen LogP contribution in [0.25, 0.3) is 0 Å². The molecule has 1 aromatic carbocycles. The first-order valence-corrected chi connectivity index (χ1v) is 6.72. The fourth-order valence-corrected chi connectivity index (χ4v) is 2.44. The Morgan fingerprint density at radius 1 is 1.38 bits per heavy atom. The smallest absolute Gasteiger partial charge is 0.0494 e. The van der Waals surface area contributed by atoms with Gasteiger partial charge in [0.05, 0.1) is 0 Å². The van der Waals surface area contributed by atoms with Gasteiger partial charge in [0.15, 0.2) is 0 Å². The fraction of sp³-hybridized carbons (Fsp3) is 0.571. The van der Waals surface area contributed by atoms with Crippen LogP contribution in [0.15, 0.2) is 18.2 Å². The number of alkyl halides is 1. The maximum Gasteiger partial charge on any atom is 0.0494 e. The molecule has 1 aliphatic rings. The van der Waals surface area contributed by atoms with E-state index in [1.807, 2.05) is 0 Å². The van der Waals surface area contributed by atoms with Crippen LogP contribution in [0.2, 0.25) is 0 Å². The van der Waals surface area contributed by atoms with Crippen LogP contribution in [0.5, 0.6) is 0 Å². The van der Waals surface area contributed by atoms with E-state index >= 15 is 0 Å². The number of hydrogen-bond donors (Lipinski definition) is 0. The van der Waals surface area contributed by atoms with Crippen LogP contribution in [-0.2, 0) is 5.88 Å². The maximum absolute atomic E-state index is 6.05. The Bertz CT molecular complexity index is 358. The normalized spacial score (nSPS) is 15.2. The number of nitrogens with zero attached hydrogens (tertiary/aromatic N) is 1. The summed E-state index contributed by atoms with van der Waals surface area (Å²) < 4.78 is 0. The molecule has 0 aliphatic heterocycles. The predicted molar refractivity (Wildman–Crippen MR) is 71.4 cm³/mol. The van der Waals surface area contributed by atoms with Crippen molar-refractivity contribution in [1.82, 2.24) is 0 Å². The summed E-state index contributed by atoms with van der Waals surface area (Å²) in [5, 5.41) is 0. The van der Waals surface area contributed by atoms with Crippen molar-refractivity contribution in [1.29, 1.82) is 0 Å². The SMILES string of the molecule is CCCN(c1ccc(C)cc1CCl)C1CC1. The summed E-state index contributed by atoms with van der Waals surface area (Å²) >= 11 is 6.05. The molecule has 0 bridgehead atoms. The van der Waals surface area contributed by atoms with E-state index in [4.69, 9.17) is 11.6 Å². The van der Waals surface area contributed by atoms with Gasteiger partial charge in [-0.05, 0) is 37.8 Å². The molecule has 1 fully saturated rings. The van der Waals surface area contributed by atoms with Crippen LogP contribution >= 0.6 is 11.6 Å². The highest BCUT2D eigenvalue weighted by atomic mass is 35.5. The third kappa shape index (κ3) is 2.52. The lowest BCUT2D eigenvalue weighted by atomic mass is 10.1. The molecule has 1 aromatic rings. The largest absolute Gasteiger partial charge is 0.368 e. The maximum atomic E-state index is 6.05. The lowest BCUT2D eigenvalue weighted by Gasteiger charge is -2.26. The summed E-state index contributed by atoms with van der Waals surface area (Å²) in [6.07, 6.45) is 3.89. The minimum atomic E-state index is 0.615. The Morgan fingerprint density at radius 2 is 2.12 bits per heavy atom. The second-order valence-electron chi connectivity index (χ2n) is 4.69. The molecule has 0 radical (unpaired) electrons. The van der Waals surface area contributed by atoms with Gasteiger partial charge in [0, 0.05) is 24.2 Å². The molecule has 1 saturated carbocycles. The number of rotatable bonds is 5. The van der Waals surface area contributed by atoms with E-state index < -0.39 is 0 Å². The van der Waals surface area contributed by atoms with Crippen LogP contribution in [0.1, 0.15) is 37.3 Å². The van der Waals surface area contributed by atoms with Crippen molar-refractivity contribution in [3.05, 3.63) is 29.3 Å². The van der Waals surface area contributed by atoms with Crippen LogP contribution in [0, 0.1) is 6.92 Å². The lowest BCUT2D eigenvalue weighted by Crippen LogP contribution is -2.27. The highest BCUT2D eigenvalue weighted by molar-refractivity contribution is 6.17. The second kappa shape index (κ2) is 5.09. The highest BCUT2D eigenvalue weighted by Gasteiger charge is 2.29. The van der Waals surface area contributed by atoms with E-state index in [1.165, 1.54) is 36.1 Å². The Labute approximate surface area is 103 Å². The molecule has 0 aromatic heterocycles. The first-order chi connectivity index (χ1) is 7.76. The van der Waals surface area contributed by atoms with Crippen molar-refractivity contribution in [3.63, 3.8) is 0 Å². The molecule has 1 aliphatic carbocycles. The van der Waals surface area contributed by atoms with E-state index in [1.54, 1.807) is 0 Å². The van der Waals surface area contributed by atoms with Gasteiger partial charge < -0.3 is 4.90 Å². The van der Waals surface area contributed by atoms with Gasteiger partial charge in [-0.1, -0.05) is 24.6 Å². The minimum absolute atomic E-state index is 0.615. The molecule has 0 N–H and O–H groups in total. The molecular formula is C14H20ClN. The first-order valence-electron chi connectivity index (χ1n) is 6.18. The van der Waals surface area contributed by atoms with Gasteiger partial charge in [-0.2, -0.15) is 0 Å². The summed E-state index contributed by atoms with van der Waals surface area (Å²) in [5.41, 5.74) is 3.93. The number of hydrogen-bond acceptors (Lipinski definition) is 1. The molecule has 2 rings (SSSR count). The van der Waals surface area contributed by atoms with Crippen LogP contribution in [0.4, 0.5) is 5.69 Å². The minimum Gasteiger partial charge on any atom is -0.368 e. The molecule has 0 amide bonds. The third-order valence-corrected chi connectivity index (χ3v) is 3.43. The van der Waals surface area contributed by atoms with Crippen molar-refractivity contribution < 1.29 is 0 Å². The molecule has 0 unspecified atom stereocenters. The average Bonchev–Trinajstić information content (AvgIpc) is 3.10. The Balaban J connectivity index is 2.28. The summed E-state index contributed by atoms with van der Waals surface area (Å²) in [7, 11) is 0. The van der Waals surface area contributed by atoms with Crippen molar-refractivity contribution >= 4 is 17.3 Å². The van der Waals surface area contributed by atoms with Crippen molar-refractivity contribution in [3.8, 4) is 0 Å². The quantitative estimate of drug-likeness (QED) is 0.697. The Kier molecular flexibility index (Phi) is 3.75. The zero-order chi connectivity index (χ0) is 11.5. The van der Waals surface area contributed by atoms with Crippen molar-refractivity contribution in [2.24, 2.45) is 0 Å². The number of anilines is 1. The van der Waals surface area contributed by atoms with Crippen LogP contribution in [-0.4, -0.2) is 12.6 Å². The first kappa shape index (κ1) is 11.8. The van der Waals surface area contributed by atoms with E-state index in [0.717, 1.165) is 12.6 Å². The molecule has 1 nitrogen and oxygen atoms in total. The van der Waals surface area contributed by atoms with E-state index in [-0.39, 0.29) is 0 Å². The van der Waals surface area contributed by atoms with Gasteiger partial charge in [0.2, 0.25) is 0 Å². The van der Waals surface area contributed by atoms with Gasteiger partial charge in [-0.15, -0.1) is 11.6 Å². The van der Waals surface area contributed by atoms with Crippen LogP contribution < -0.4 is 4.90 Å². The zero-order valence-corrected chi connectivity index (χ0v) is 10.9. The van der Waals surface area contributed by atoms with Gasteiger partial charge in [0.25, 0.3) is 0 Å². The number of benzene rings is 1. The molecule has 16 heavy (non-hydrogen) atoms. The van der Waals surface area contributed by atoms with Gasteiger partial charge >= 0.3 is 0 Å². The summed E-state index contributed by atoms with van der Waals surface area (Å²) in [4.78, 5) is 2.54. The predicted octanol–water partition coefficient (Wildman–Crippen LogP) is 4.11. The van der Waals surface area contributed by atoms with Crippen molar-refractivity contribution in [2.45, 2.75) is 45.0 Å². The summed E-state index contributed by atoms with van der Waals surface area (Å²) in [6, 6.07) is 7.41. The molecule has 0 saturated heterocycles. The molecule has 88 valence electrons. The Morgan fingerprint density at radius 3 is 2.69 bits per heavy atom. The Hall–Kier alpha value is -0.690. The lowest BCUT2D eigenvalue weighted by molar-refractivity contribution is 0.760. The fourth-order valence-electron chi connectivity index (χ4n) is 2.23. The van der Waals surface area contributed by atoms with Gasteiger partial charge in [-0.3, -0.25) is 0 Å². The summed E-state index contributed by atoms with van der Waals surface area (Å²) in [5.74, 6) is 0.615. The monoisotopic (exact) mass is 237 g/mol. The molecule has 2 heteroatoms. The topological polar surface area (TPSA) is 3.24 Å². The number of halogens is 1. The van der Waals surface area contributed by atoms with E-state index in [9.17, 15) is 0 Å². The molecule has 0 atom stereocenters. The summed E-state index contributed by atoms with van der Waals surface area (Å²) in [6.45, 7) is 5.52. The average molecular weight is 238 g/mol. The van der Waals surface area contributed by atoms with Gasteiger partial charge in [0.1, 0.15) is 0 Å². The molecule has 0 spiro atoms. The zero-order valence-electron chi connectivity index (χ0n) is 10.2. The standard InChI is InChI=1S/C14H20ClN/c1-3-8-16(13-5-6-13)14-7-4-11(2)9-12(14)10-15/h4,7,9,13H,3,5-6,8,10H2,1-2H3. The van der Waals surface area contributed by atoms with E-state index in [0.29, 0.717) is 5.88 Å². The highest BCUT2D eigenvalue weighted by Crippen LogP contribution is 2.34. The van der Waals surface area contributed by atoms with Crippen LogP contribution in [0.3, 0.4) is 0 Å².